The van der Waals surface area contributed by atoms with Gasteiger partial charge in [-0.05, 0) is 104 Å². The lowest BCUT2D eigenvalue weighted by molar-refractivity contribution is -0.149. The van der Waals surface area contributed by atoms with Crippen molar-refractivity contribution < 1.29 is 18.5 Å². The molecule has 0 fully saturated rings. The van der Waals surface area contributed by atoms with Gasteiger partial charge in [-0.2, -0.15) is 13.8 Å². The molecule has 9 heterocycles. The molecular formula is C82H120N10O4S4. The third-order valence-corrected chi connectivity index (χ3v) is 18.3. The monoisotopic (exact) mass is 1440 g/mol. The SMILES string of the molecule is C#Cc1[nH]ncc1C(C)(C)C.C=Cc1cc(C(C)(C)C)on1.C=Cc1cc(C(C)(C)C)sn1.C=Cc1nc(C(C)(C)C)cn1C.C=Cc1nc(C(C)(C)C)cs1.C=Cc1ncc(C(C)(C)C)o1.C=Cc1ncc(C(C)(C)C)s1.C=Cc1nscc1C(C)(C)C.CC(C)(C)C1CC=CC(=O)O1. The van der Waals surface area contributed by atoms with E-state index < -0.39 is 0 Å². The molecule has 0 bridgehead atoms. The Kier molecular flexibility index (Phi) is 35.2. The van der Waals surface area contributed by atoms with Crippen molar-refractivity contribution in [2.24, 2.45) is 12.5 Å². The van der Waals surface area contributed by atoms with E-state index in [9.17, 15) is 4.79 Å². The van der Waals surface area contributed by atoms with E-state index in [1.165, 1.54) is 32.9 Å². The Bertz CT molecular complexity index is 3580. The summed E-state index contributed by atoms with van der Waals surface area (Å²) in [5.74, 6) is 5.67. The van der Waals surface area contributed by atoms with Crippen LogP contribution < -0.4 is 0 Å². The number of H-pyrrole nitrogens is 1. The first-order valence-corrected chi connectivity index (χ1v) is 36.6. The van der Waals surface area contributed by atoms with Crippen LogP contribution in [0.5, 0.6) is 0 Å². The summed E-state index contributed by atoms with van der Waals surface area (Å²) in [7, 11) is 1.99. The molecule has 0 radical (unpaired) electrons. The number of terminal acetylenes is 1. The summed E-state index contributed by atoms with van der Waals surface area (Å²) in [5, 5.41) is 16.7. The highest BCUT2D eigenvalue weighted by molar-refractivity contribution is 7.12. The second-order valence-corrected chi connectivity index (χ2v) is 36.2. The molecule has 8 aromatic heterocycles. The lowest BCUT2D eigenvalue weighted by Gasteiger charge is -2.30. The van der Waals surface area contributed by atoms with Crippen molar-refractivity contribution in [3.05, 3.63) is 194 Å². The molecule has 14 nitrogen and oxygen atoms in total. The first-order chi connectivity index (χ1) is 45.7. The van der Waals surface area contributed by atoms with Gasteiger partial charge in [0.1, 0.15) is 44.9 Å². The zero-order valence-electron chi connectivity index (χ0n) is 65.9. The number of rotatable bonds is 7. The summed E-state index contributed by atoms with van der Waals surface area (Å²) in [5.41, 5.74) is 9.38. The molecule has 8 aromatic rings. The number of cyclic esters (lactones) is 1. The van der Waals surface area contributed by atoms with Crippen molar-refractivity contribution in [2.75, 3.05) is 0 Å². The van der Waals surface area contributed by atoms with E-state index >= 15 is 0 Å². The zero-order chi connectivity index (χ0) is 77.2. The van der Waals surface area contributed by atoms with E-state index in [-0.39, 0.29) is 60.8 Å². The highest BCUT2D eigenvalue weighted by Crippen LogP contribution is 2.32. The van der Waals surface area contributed by atoms with E-state index in [2.05, 4.69) is 306 Å². The number of hydrogen-bond donors (Lipinski definition) is 1. The fraction of sp³-hybridized carbons (Fsp3) is 0.476. The molecule has 1 N–H and O–H groups in total. The second kappa shape index (κ2) is 38.9. The van der Waals surface area contributed by atoms with Gasteiger partial charge in [0, 0.05) is 85.7 Å². The molecule has 0 amide bonds. The maximum atomic E-state index is 10.8. The minimum Gasteiger partial charge on any atom is -0.458 e. The van der Waals surface area contributed by atoms with Crippen LogP contribution in [0, 0.1) is 17.8 Å². The number of oxazole rings is 1. The summed E-state index contributed by atoms with van der Waals surface area (Å²) in [4.78, 5) is 30.5. The van der Waals surface area contributed by atoms with Crippen LogP contribution in [0.2, 0.25) is 0 Å². The van der Waals surface area contributed by atoms with Crippen molar-refractivity contribution in [2.45, 2.75) is 243 Å². The summed E-state index contributed by atoms with van der Waals surface area (Å²) in [6.45, 7) is 83.3. The van der Waals surface area contributed by atoms with E-state index in [4.69, 9.17) is 20.1 Å². The molecular weight excluding hydrogens is 1320 g/mol. The van der Waals surface area contributed by atoms with E-state index in [1.54, 1.807) is 83.1 Å². The third-order valence-electron chi connectivity index (χ3n) is 14.2. The average molecular weight is 1440 g/mol. The van der Waals surface area contributed by atoms with Gasteiger partial charge in [-0.3, -0.25) is 5.10 Å². The van der Waals surface area contributed by atoms with Crippen molar-refractivity contribution in [1.29, 1.82) is 0 Å². The Hall–Kier alpha value is -7.69. The molecule has 1 aliphatic heterocycles. The highest BCUT2D eigenvalue weighted by Gasteiger charge is 2.29. The quantitative estimate of drug-likeness (QED) is 0.118. The number of thiazole rings is 2. The smallest absolute Gasteiger partial charge is 0.330 e. The molecule has 18 heteroatoms. The van der Waals surface area contributed by atoms with Crippen LogP contribution >= 0.6 is 45.7 Å². The molecule has 100 heavy (non-hydrogen) atoms. The van der Waals surface area contributed by atoms with Gasteiger partial charge in [-0.1, -0.05) is 250 Å². The molecule has 0 spiro atoms. The van der Waals surface area contributed by atoms with Crippen molar-refractivity contribution in [1.82, 2.24) is 48.6 Å². The predicted molar refractivity (Wildman–Crippen MR) is 435 cm³/mol. The van der Waals surface area contributed by atoms with Crippen molar-refractivity contribution in [3.8, 4) is 12.3 Å². The summed E-state index contributed by atoms with van der Waals surface area (Å²) in [6.07, 6.45) is 29.3. The van der Waals surface area contributed by atoms with Gasteiger partial charge in [0.2, 0.25) is 5.89 Å². The number of esters is 1. The minimum absolute atomic E-state index is 0.0360. The van der Waals surface area contributed by atoms with Crippen molar-refractivity contribution in [3.63, 3.8) is 0 Å². The summed E-state index contributed by atoms with van der Waals surface area (Å²) < 4.78 is 26.0. The number of imidazole rings is 1. The average Bonchev–Trinajstić information content (AvgIpc) is 1.79. The molecule has 1 atom stereocenters. The highest BCUT2D eigenvalue weighted by atomic mass is 32.1. The first-order valence-electron chi connectivity index (χ1n) is 33.3. The number of nitrogens with zero attached hydrogens (tertiary/aromatic N) is 9. The number of carbonyl (C=O) groups excluding carboxylic acids is 1. The van der Waals surface area contributed by atoms with Gasteiger partial charge < -0.3 is 18.2 Å². The number of aromatic nitrogens is 10. The lowest BCUT2D eigenvalue weighted by atomic mass is 9.86. The van der Waals surface area contributed by atoms with Crippen LogP contribution in [0.25, 0.3) is 42.5 Å². The van der Waals surface area contributed by atoms with Crippen LogP contribution in [0.4, 0.5) is 0 Å². The van der Waals surface area contributed by atoms with Gasteiger partial charge in [0.25, 0.3) is 0 Å². The number of aryl methyl sites for hydroxylation is 1. The van der Waals surface area contributed by atoms with E-state index in [0.717, 1.165) is 73.5 Å². The summed E-state index contributed by atoms with van der Waals surface area (Å²) >= 11 is 6.41. The predicted octanol–water partition coefficient (Wildman–Crippen LogP) is 23.5. The normalized spacial score (nSPS) is 13.0. The van der Waals surface area contributed by atoms with Crippen LogP contribution in [0.1, 0.15) is 282 Å². The van der Waals surface area contributed by atoms with Crippen LogP contribution in [-0.4, -0.2) is 60.7 Å². The maximum absolute atomic E-state index is 10.8. The van der Waals surface area contributed by atoms with Gasteiger partial charge in [-0.15, -0.1) is 29.1 Å². The molecule has 0 saturated heterocycles. The zero-order valence-corrected chi connectivity index (χ0v) is 69.2. The molecule has 546 valence electrons. The molecule has 0 aliphatic carbocycles. The fourth-order valence-corrected chi connectivity index (χ4v) is 11.1. The number of aromatic amines is 1. The van der Waals surface area contributed by atoms with Gasteiger partial charge in [0.05, 0.1) is 35.2 Å². The summed E-state index contributed by atoms with van der Waals surface area (Å²) in [6, 6.07) is 4.00. The molecule has 0 saturated carbocycles. The molecule has 1 unspecified atom stereocenters. The third kappa shape index (κ3) is 32.3. The Morgan fingerprint density at radius 1 is 0.580 bits per heavy atom. The lowest BCUT2D eigenvalue weighted by Crippen LogP contribution is -2.32. The second-order valence-electron chi connectivity index (χ2n) is 32.8. The standard InChI is InChI=1S/C10H16N2.C9H12N2.2C9H13NO.4C9H13NS.C9H14O2/c1-6-9-11-8(7-12(9)5)10(2,3)4;1-5-8-7(6-10-11-8)9(2,3)4;1-5-8-10-6-7(11-8)9(2,3)4;1-5-7-6-8(11-10-7)9(2,3)4;1-5-8-10-7(6-11-8)9(2,3)4;1-5-8-10-6-7(11-8)9(2,3)4;1-5-8-7(6-11-10-8)9(2,3)4;1-5-7-6-8(11-10-7)9(2,3)4;1-9(2,3)7-5-4-6-8(10)11-7/h6-7H,1H2,2-5H3;1,6H,2-4H3,(H,10,11);6*5-6H,1H2,2-4H3;4,6-7H,5H2,1-3H3. The Balaban J connectivity index is 0.000000563. The van der Waals surface area contributed by atoms with Crippen LogP contribution in [-0.2, 0) is 59.9 Å². The van der Waals surface area contributed by atoms with E-state index in [1.807, 2.05) is 36.0 Å². The van der Waals surface area contributed by atoms with Gasteiger partial charge in [-0.25, -0.2) is 24.7 Å². The first kappa shape index (κ1) is 90.3. The number of nitrogens with one attached hydrogen (secondary N) is 1. The minimum atomic E-state index is -0.212. The topological polar surface area (TPSA) is 176 Å². The van der Waals surface area contributed by atoms with Crippen molar-refractivity contribution >= 4 is 94.2 Å². The Labute approximate surface area is 619 Å². The van der Waals surface area contributed by atoms with Gasteiger partial charge in [0.15, 0.2) is 0 Å². The fourth-order valence-electron chi connectivity index (χ4n) is 7.66. The molecule has 0 aromatic carbocycles. The maximum Gasteiger partial charge on any atom is 0.330 e. The Morgan fingerprint density at radius 2 is 1.15 bits per heavy atom. The number of hydrogen-bond acceptors (Lipinski definition) is 16. The molecule has 1 aliphatic rings. The number of ether oxygens (including phenoxy) is 1. The van der Waals surface area contributed by atoms with E-state index in [0.29, 0.717) is 5.89 Å². The molecule has 9 rings (SSSR count). The van der Waals surface area contributed by atoms with Crippen LogP contribution in [0.3, 0.4) is 0 Å². The van der Waals surface area contributed by atoms with Crippen LogP contribution in [0.15, 0.2) is 115 Å². The Morgan fingerprint density at radius 3 is 1.45 bits per heavy atom. The van der Waals surface area contributed by atoms with Gasteiger partial charge >= 0.3 is 5.97 Å². The number of carbonyl (C=O) groups is 1. The largest absolute Gasteiger partial charge is 0.458 e.